The van der Waals surface area contributed by atoms with Crippen molar-refractivity contribution in [2.24, 2.45) is 17.6 Å². The summed E-state index contributed by atoms with van der Waals surface area (Å²) in [5, 5.41) is 2.40. The second-order valence-electron chi connectivity index (χ2n) is 4.27. The smallest absolute Gasteiger partial charge is 0.234 e. The van der Waals surface area contributed by atoms with Gasteiger partial charge in [0.2, 0.25) is 5.91 Å². The number of carbonyl (C=O) groups excluding carboxylic acids is 1. The lowest BCUT2D eigenvalue weighted by molar-refractivity contribution is -0.118. The number of amides is 1. The molecule has 0 aliphatic heterocycles. The lowest BCUT2D eigenvalue weighted by Gasteiger charge is -2.18. The number of nitrogens with one attached hydrogen (secondary N) is 1. The average Bonchev–Trinajstić information content (AvgIpc) is 2.13. The van der Waals surface area contributed by atoms with Crippen LogP contribution in [0.25, 0.3) is 0 Å². The maximum atomic E-state index is 13.0. The monoisotopic (exact) mass is 272 g/mol. The Kier molecular flexibility index (Phi) is 4.72. The largest absolute Gasteiger partial charge is 0.393 e. The second kappa shape index (κ2) is 5.86. The van der Waals surface area contributed by atoms with E-state index in [2.05, 4.69) is 5.32 Å². The molecule has 3 N–H and O–H groups in total. The molecule has 0 aliphatic carbocycles. The van der Waals surface area contributed by atoms with Gasteiger partial charge >= 0.3 is 0 Å². The number of benzene rings is 1. The molecule has 0 heterocycles. The van der Waals surface area contributed by atoms with Gasteiger partial charge in [-0.15, -0.1) is 0 Å². The van der Waals surface area contributed by atoms with E-state index in [-0.39, 0.29) is 16.6 Å². The molecule has 0 aromatic heterocycles. The standard InChI is InChI=1S/C12H14F2N2OS/c1-6(2)10(11(15)18)12(17)16-9-4-7(13)3-8(14)5-9/h3-6,10H,1-2H3,(H2,15,18)(H,16,17). The average molecular weight is 272 g/mol. The third kappa shape index (κ3) is 3.73. The number of rotatable bonds is 4. The first-order valence-corrected chi connectivity index (χ1v) is 5.78. The summed E-state index contributed by atoms with van der Waals surface area (Å²) in [5.41, 5.74) is 5.52. The molecule has 1 aromatic rings. The van der Waals surface area contributed by atoms with E-state index in [1.165, 1.54) is 0 Å². The van der Waals surface area contributed by atoms with Crippen LogP contribution in [0.5, 0.6) is 0 Å². The first kappa shape index (κ1) is 14.5. The molecule has 0 radical (unpaired) electrons. The zero-order chi connectivity index (χ0) is 13.9. The predicted molar refractivity (Wildman–Crippen MR) is 70.1 cm³/mol. The van der Waals surface area contributed by atoms with Gasteiger partial charge in [-0.2, -0.15) is 0 Å². The summed E-state index contributed by atoms with van der Waals surface area (Å²) in [4.78, 5) is 11.9. The van der Waals surface area contributed by atoms with Gasteiger partial charge in [0, 0.05) is 11.8 Å². The minimum absolute atomic E-state index is 0.0411. The highest BCUT2D eigenvalue weighted by Crippen LogP contribution is 2.17. The van der Waals surface area contributed by atoms with E-state index in [1.807, 2.05) is 0 Å². The molecule has 3 nitrogen and oxygen atoms in total. The van der Waals surface area contributed by atoms with Crippen LogP contribution in [0.15, 0.2) is 18.2 Å². The van der Waals surface area contributed by atoms with E-state index in [0.717, 1.165) is 18.2 Å². The van der Waals surface area contributed by atoms with Crippen molar-refractivity contribution in [3.8, 4) is 0 Å². The summed E-state index contributed by atoms with van der Waals surface area (Å²) in [5.74, 6) is -2.77. The highest BCUT2D eigenvalue weighted by atomic mass is 32.1. The minimum atomic E-state index is -0.762. The first-order chi connectivity index (χ1) is 8.31. The number of hydrogen-bond acceptors (Lipinski definition) is 2. The van der Waals surface area contributed by atoms with Gasteiger partial charge in [0.15, 0.2) is 0 Å². The highest BCUT2D eigenvalue weighted by Gasteiger charge is 2.25. The zero-order valence-electron chi connectivity index (χ0n) is 10.0. The quantitative estimate of drug-likeness (QED) is 0.828. The molecule has 0 saturated heterocycles. The van der Waals surface area contributed by atoms with Crippen molar-refractivity contribution in [3.05, 3.63) is 29.8 Å². The van der Waals surface area contributed by atoms with E-state index in [1.54, 1.807) is 13.8 Å². The molecule has 98 valence electrons. The van der Waals surface area contributed by atoms with Gasteiger partial charge in [-0.25, -0.2) is 8.78 Å². The fourth-order valence-electron chi connectivity index (χ4n) is 1.61. The van der Waals surface area contributed by atoms with Gasteiger partial charge in [-0.1, -0.05) is 26.1 Å². The van der Waals surface area contributed by atoms with E-state index < -0.39 is 23.5 Å². The molecule has 0 saturated carbocycles. The van der Waals surface area contributed by atoms with Crippen molar-refractivity contribution >= 4 is 28.8 Å². The van der Waals surface area contributed by atoms with Crippen LogP contribution in [-0.2, 0) is 4.79 Å². The SMILES string of the molecule is CC(C)C(C(=O)Nc1cc(F)cc(F)c1)C(N)=S. The normalized spacial score (nSPS) is 12.3. The Morgan fingerprint density at radius 1 is 1.28 bits per heavy atom. The lowest BCUT2D eigenvalue weighted by atomic mass is 9.95. The molecule has 1 aromatic carbocycles. The number of halogens is 2. The highest BCUT2D eigenvalue weighted by molar-refractivity contribution is 7.80. The molecule has 1 atom stereocenters. The van der Waals surface area contributed by atoms with Crippen LogP contribution in [-0.4, -0.2) is 10.9 Å². The molecule has 1 unspecified atom stereocenters. The summed E-state index contributed by atoms with van der Waals surface area (Å²) in [6, 6.07) is 2.78. The number of thiocarbonyl (C=S) groups is 1. The van der Waals surface area contributed by atoms with Crippen molar-refractivity contribution in [3.63, 3.8) is 0 Å². The third-order valence-corrected chi connectivity index (χ3v) is 2.64. The number of nitrogens with two attached hydrogens (primary N) is 1. The van der Waals surface area contributed by atoms with Crippen molar-refractivity contribution in [1.82, 2.24) is 0 Å². The Balaban J connectivity index is 2.89. The number of anilines is 1. The fraction of sp³-hybridized carbons (Fsp3) is 0.333. The fourth-order valence-corrected chi connectivity index (χ4v) is 1.99. The van der Waals surface area contributed by atoms with E-state index >= 15 is 0 Å². The zero-order valence-corrected chi connectivity index (χ0v) is 10.9. The molecule has 6 heteroatoms. The lowest BCUT2D eigenvalue weighted by Crippen LogP contribution is -2.36. The summed E-state index contributed by atoms with van der Waals surface area (Å²) in [6.07, 6.45) is 0. The van der Waals surface area contributed by atoms with Gasteiger partial charge in [-0.3, -0.25) is 4.79 Å². The van der Waals surface area contributed by atoms with Crippen molar-refractivity contribution < 1.29 is 13.6 Å². The van der Waals surface area contributed by atoms with Crippen LogP contribution in [0, 0.1) is 23.5 Å². The molecule has 0 spiro atoms. The van der Waals surface area contributed by atoms with E-state index in [4.69, 9.17) is 18.0 Å². The Morgan fingerprint density at radius 2 is 1.78 bits per heavy atom. The van der Waals surface area contributed by atoms with Gasteiger partial charge in [-0.05, 0) is 18.1 Å². The molecule has 1 amide bonds. The molecule has 0 fully saturated rings. The molecule has 0 bridgehead atoms. The topological polar surface area (TPSA) is 55.1 Å². The van der Waals surface area contributed by atoms with E-state index in [0.29, 0.717) is 0 Å². The maximum Gasteiger partial charge on any atom is 0.234 e. The molecular formula is C12H14F2N2OS. The van der Waals surface area contributed by atoms with Gasteiger partial charge < -0.3 is 11.1 Å². The minimum Gasteiger partial charge on any atom is -0.393 e. The first-order valence-electron chi connectivity index (χ1n) is 5.37. The van der Waals surface area contributed by atoms with Crippen LogP contribution in [0.4, 0.5) is 14.5 Å². The Morgan fingerprint density at radius 3 is 2.17 bits per heavy atom. The van der Waals surface area contributed by atoms with Gasteiger partial charge in [0.1, 0.15) is 11.6 Å². The van der Waals surface area contributed by atoms with Crippen LogP contribution < -0.4 is 11.1 Å². The summed E-state index contributed by atoms with van der Waals surface area (Å²) < 4.78 is 25.9. The molecule has 18 heavy (non-hydrogen) atoms. The van der Waals surface area contributed by atoms with Crippen LogP contribution in [0.2, 0.25) is 0 Å². The number of carbonyl (C=O) groups is 1. The summed E-state index contributed by atoms with van der Waals surface area (Å²) in [6.45, 7) is 3.57. The summed E-state index contributed by atoms with van der Waals surface area (Å²) in [7, 11) is 0. The van der Waals surface area contributed by atoms with Gasteiger partial charge in [0.05, 0.1) is 10.9 Å². The summed E-state index contributed by atoms with van der Waals surface area (Å²) >= 11 is 4.81. The van der Waals surface area contributed by atoms with Crippen molar-refractivity contribution in [1.29, 1.82) is 0 Å². The van der Waals surface area contributed by atoms with Crippen LogP contribution in [0.1, 0.15) is 13.8 Å². The van der Waals surface area contributed by atoms with Crippen molar-refractivity contribution in [2.45, 2.75) is 13.8 Å². The van der Waals surface area contributed by atoms with Gasteiger partial charge in [0.25, 0.3) is 0 Å². The predicted octanol–water partition coefficient (Wildman–Crippen LogP) is 2.46. The third-order valence-electron chi connectivity index (χ3n) is 2.39. The number of hydrogen-bond donors (Lipinski definition) is 2. The molecule has 1 rings (SSSR count). The van der Waals surface area contributed by atoms with Crippen LogP contribution >= 0.6 is 12.2 Å². The van der Waals surface area contributed by atoms with Crippen LogP contribution in [0.3, 0.4) is 0 Å². The van der Waals surface area contributed by atoms with Crippen molar-refractivity contribution in [2.75, 3.05) is 5.32 Å². The molecular weight excluding hydrogens is 258 g/mol. The maximum absolute atomic E-state index is 13.0. The second-order valence-corrected chi connectivity index (χ2v) is 4.74. The Hall–Kier alpha value is -1.56. The van der Waals surface area contributed by atoms with E-state index in [9.17, 15) is 13.6 Å². The Bertz CT molecular complexity index is 457. The molecule has 0 aliphatic rings. The Labute approximate surface area is 109 Å².